The van der Waals surface area contributed by atoms with Gasteiger partial charge in [-0.1, -0.05) is 11.6 Å². The number of ether oxygens (including phenoxy) is 1. The third-order valence-electron chi connectivity index (χ3n) is 4.13. The average Bonchev–Trinajstić information content (AvgIpc) is 2.94. The summed E-state index contributed by atoms with van der Waals surface area (Å²) in [5, 5.41) is 4.19. The molecule has 1 N–H and O–H groups in total. The summed E-state index contributed by atoms with van der Waals surface area (Å²) in [6.07, 6.45) is 3.84. The summed E-state index contributed by atoms with van der Waals surface area (Å²) in [5.74, 6) is 1.95. The largest absolute Gasteiger partial charge is 0.496 e. The van der Waals surface area contributed by atoms with Gasteiger partial charge in [0.2, 0.25) is 0 Å². The highest BCUT2D eigenvalue weighted by molar-refractivity contribution is 6.30. The van der Waals surface area contributed by atoms with Gasteiger partial charge >= 0.3 is 0 Å². The van der Waals surface area contributed by atoms with Gasteiger partial charge in [-0.05, 0) is 18.2 Å². The number of hydrogen-bond donors (Lipinski definition) is 1. The molecule has 0 amide bonds. The quantitative estimate of drug-likeness (QED) is 0.938. The molecular formula is C16H21ClN4O. The van der Waals surface area contributed by atoms with E-state index in [1.165, 1.54) is 0 Å². The molecule has 1 aromatic carbocycles. The van der Waals surface area contributed by atoms with Crippen LogP contribution in [0.15, 0.2) is 30.6 Å². The van der Waals surface area contributed by atoms with E-state index in [0.29, 0.717) is 0 Å². The smallest absolute Gasteiger partial charge is 0.127 e. The molecule has 1 aliphatic heterocycles. The summed E-state index contributed by atoms with van der Waals surface area (Å²) >= 11 is 6.15. The monoisotopic (exact) mass is 320 g/mol. The lowest BCUT2D eigenvalue weighted by molar-refractivity contribution is 0.143. The van der Waals surface area contributed by atoms with Crippen molar-refractivity contribution in [3.8, 4) is 5.75 Å². The van der Waals surface area contributed by atoms with E-state index in [4.69, 9.17) is 16.3 Å². The summed E-state index contributed by atoms with van der Waals surface area (Å²) in [6.45, 7) is 3.63. The third kappa shape index (κ3) is 3.11. The van der Waals surface area contributed by atoms with Gasteiger partial charge in [-0.25, -0.2) is 4.98 Å². The molecular weight excluding hydrogens is 300 g/mol. The number of imidazole rings is 1. The number of aryl methyl sites for hydroxylation is 1. The molecule has 1 aliphatic rings. The van der Waals surface area contributed by atoms with Gasteiger partial charge in [-0.15, -0.1) is 0 Å². The van der Waals surface area contributed by atoms with Gasteiger partial charge in [0.25, 0.3) is 0 Å². The Morgan fingerprint density at radius 2 is 2.32 bits per heavy atom. The standard InChI is InChI=1S/C16H21ClN4O/c1-20-7-6-19-16(20)14-10-18-5-8-21(14)11-12-9-13(17)3-4-15(12)22-2/h3-4,6-7,9,14,18H,5,8,10-11H2,1-2H3. The van der Waals surface area contributed by atoms with Crippen LogP contribution >= 0.6 is 11.6 Å². The highest BCUT2D eigenvalue weighted by atomic mass is 35.5. The van der Waals surface area contributed by atoms with Crippen LogP contribution in [0.5, 0.6) is 5.75 Å². The van der Waals surface area contributed by atoms with Gasteiger partial charge in [0.15, 0.2) is 0 Å². The van der Waals surface area contributed by atoms with E-state index in [2.05, 4.69) is 19.8 Å². The van der Waals surface area contributed by atoms with Gasteiger partial charge in [0.1, 0.15) is 11.6 Å². The molecule has 118 valence electrons. The van der Waals surface area contributed by atoms with E-state index >= 15 is 0 Å². The second-order valence-corrected chi connectivity index (χ2v) is 5.98. The van der Waals surface area contributed by atoms with Crippen molar-refractivity contribution in [2.75, 3.05) is 26.7 Å². The van der Waals surface area contributed by atoms with Crippen LogP contribution in [0.4, 0.5) is 0 Å². The molecule has 22 heavy (non-hydrogen) atoms. The van der Waals surface area contributed by atoms with Gasteiger partial charge in [-0.3, -0.25) is 4.90 Å². The first-order valence-corrected chi connectivity index (χ1v) is 7.81. The molecule has 0 aliphatic carbocycles. The minimum absolute atomic E-state index is 0.248. The van der Waals surface area contributed by atoms with Gasteiger partial charge in [0.05, 0.1) is 13.2 Å². The fourth-order valence-corrected chi connectivity index (χ4v) is 3.17. The van der Waals surface area contributed by atoms with Crippen LogP contribution in [0, 0.1) is 0 Å². The van der Waals surface area contributed by atoms with E-state index in [-0.39, 0.29) is 6.04 Å². The lowest BCUT2D eigenvalue weighted by Gasteiger charge is -2.36. The third-order valence-corrected chi connectivity index (χ3v) is 4.36. The Morgan fingerprint density at radius 1 is 1.45 bits per heavy atom. The van der Waals surface area contributed by atoms with Crippen molar-refractivity contribution >= 4 is 11.6 Å². The molecule has 0 radical (unpaired) electrons. The maximum absolute atomic E-state index is 6.15. The Bertz CT molecular complexity index is 643. The first-order chi connectivity index (χ1) is 10.7. The number of nitrogens with one attached hydrogen (secondary N) is 1. The van der Waals surface area contributed by atoms with Gasteiger partial charge in [0, 0.05) is 56.2 Å². The lowest BCUT2D eigenvalue weighted by Crippen LogP contribution is -2.46. The van der Waals surface area contributed by atoms with Crippen molar-refractivity contribution < 1.29 is 4.74 Å². The molecule has 0 bridgehead atoms. The highest BCUT2D eigenvalue weighted by Gasteiger charge is 2.27. The van der Waals surface area contributed by atoms with Crippen LogP contribution in [0.25, 0.3) is 0 Å². The number of benzene rings is 1. The Hall–Kier alpha value is -1.56. The molecule has 3 rings (SSSR count). The predicted molar refractivity (Wildman–Crippen MR) is 87.2 cm³/mol. The molecule has 1 unspecified atom stereocenters. The van der Waals surface area contributed by atoms with E-state index in [1.807, 2.05) is 37.6 Å². The second kappa shape index (κ2) is 6.69. The summed E-state index contributed by atoms with van der Waals surface area (Å²) in [7, 11) is 3.73. The van der Waals surface area contributed by atoms with Crippen molar-refractivity contribution in [1.29, 1.82) is 0 Å². The molecule has 1 fully saturated rings. The van der Waals surface area contributed by atoms with Crippen LogP contribution in [-0.4, -0.2) is 41.2 Å². The number of piperazine rings is 1. The number of nitrogens with zero attached hydrogens (tertiary/aromatic N) is 3. The summed E-state index contributed by atoms with van der Waals surface area (Å²) < 4.78 is 7.55. The summed E-state index contributed by atoms with van der Waals surface area (Å²) in [5.41, 5.74) is 1.11. The SMILES string of the molecule is COc1ccc(Cl)cc1CN1CCNCC1c1nccn1C. The van der Waals surface area contributed by atoms with Crippen molar-refractivity contribution in [3.63, 3.8) is 0 Å². The number of rotatable bonds is 4. The normalized spacial score (nSPS) is 19.3. The topological polar surface area (TPSA) is 42.3 Å². The van der Waals surface area contributed by atoms with Crippen molar-refractivity contribution in [3.05, 3.63) is 47.0 Å². The molecule has 1 aromatic heterocycles. The van der Waals surface area contributed by atoms with E-state index in [9.17, 15) is 0 Å². The number of aromatic nitrogens is 2. The fourth-order valence-electron chi connectivity index (χ4n) is 2.98. The minimum Gasteiger partial charge on any atom is -0.496 e. The number of halogens is 1. The van der Waals surface area contributed by atoms with E-state index in [1.54, 1.807) is 7.11 Å². The minimum atomic E-state index is 0.248. The zero-order valence-corrected chi connectivity index (χ0v) is 13.7. The lowest BCUT2D eigenvalue weighted by atomic mass is 10.1. The Kier molecular flexibility index (Phi) is 4.66. The van der Waals surface area contributed by atoms with Crippen molar-refractivity contribution in [2.45, 2.75) is 12.6 Å². The van der Waals surface area contributed by atoms with E-state index < -0.39 is 0 Å². The Morgan fingerprint density at radius 3 is 3.05 bits per heavy atom. The van der Waals surface area contributed by atoms with Crippen molar-refractivity contribution in [1.82, 2.24) is 19.8 Å². The zero-order valence-electron chi connectivity index (χ0n) is 12.9. The summed E-state index contributed by atoms with van der Waals surface area (Å²) in [6, 6.07) is 6.02. The number of hydrogen-bond acceptors (Lipinski definition) is 4. The number of methoxy groups -OCH3 is 1. The van der Waals surface area contributed by atoms with Crippen LogP contribution < -0.4 is 10.1 Å². The molecule has 1 saturated heterocycles. The van der Waals surface area contributed by atoms with Crippen LogP contribution in [-0.2, 0) is 13.6 Å². The molecule has 2 heterocycles. The predicted octanol–water partition coefficient (Wildman–Crippen LogP) is 2.23. The molecule has 2 aromatic rings. The average molecular weight is 321 g/mol. The first kappa shape index (κ1) is 15.3. The van der Waals surface area contributed by atoms with Crippen LogP contribution in [0.2, 0.25) is 5.02 Å². The fraction of sp³-hybridized carbons (Fsp3) is 0.438. The Labute approximate surface area is 135 Å². The summed E-state index contributed by atoms with van der Waals surface area (Å²) in [4.78, 5) is 6.94. The van der Waals surface area contributed by atoms with Crippen molar-refractivity contribution in [2.24, 2.45) is 7.05 Å². The molecule has 0 spiro atoms. The van der Waals surface area contributed by atoms with Gasteiger partial charge < -0.3 is 14.6 Å². The van der Waals surface area contributed by atoms with E-state index in [0.717, 1.165) is 48.3 Å². The molecule has 1 atom stereocenters. The van der Waals surface area contributed by atoms with Crippen LogP contribution in [0.1, 0.15) is 17.4 Å². The second-order valence-electron chi connectivity index (χ2n) is 5.54. The molecule has 5 nitrogen and oxygen atoms in total. The maximum Gasteiger partial charge on any atom is 0.127 e. The zero-order chi connectivity index (χ0) is 15.5. The first-order valence-electron chi connectivity index (χ1n) is 7.43. The molecule has 6 heteroatoms. The highest BCUT2D eigenvalue weighted by Crippen LogP contribution is 2.28. The molecule has 0 saturated carbocycles. The maximum atomic E-state index is 6.15. The van der Waals surface area contributed by atoms with Crippen LogP contribution in [0.3, 0.4) is 0 Å². The van der Waals surface area contributed by atoms with Gasteiger partial charge in [-0.2, -0.15) is 0 Å². The Balaban J connectivity index is 1.86.